The van der Waals surface area contributed by atoms with Crippen LogP contribution in [0.15, 0.2) is 74.4 Å². The number of carbonyl (C=O) groups is 3. The number of allylic oxidation sites excluding steroid dienone is 3. The van der Waals surface area contributed by atoms with E-state index in [1.807, 2.05) is 20.8 Å². The first-order chi connectivity index (χ1) is 31.9. The molecule has 4 aromatic rings. The lowest BCUT2D eigenvalue weighted by atomic mass is 9.99. The molecule has 12 nitrogen and oxygen atoms in total. The van der Waals surface area contributed by atoms with Gasteiger partial charge in [0.1, 0.15) is 34.5 Å². The highest BCUT2D eigenvalue weighted by Crippen LogP contribution is 2.43. The van der Waals surface area contributed by atoms with Gasteiger partial charge in [0.2, 0.25) is 0 Å². The molecule has 4 rings (SSSR count). The topological polar surface area (TPSA) is 178 Å². The number of ether oxygens (including phenoxy) is 3. The fraction of sp³-hybridized carbons (Fsp3) is 0.444. The number of hydrogen-bond donors (Lipinski definition) is 3. The third kappa shape index (κ3) is 12.9. The Morgan fingerprint density at radius 1 is 0.485 bits per heavy atom. The van der Waals surface area contributed by atoms with Crippen molar-refractivity contribution >= 4 is 17.9 Å². The molecule has 0 aliphatic heterocycles. The molecule has 3 unspecified atom stereocenters. The van der Waals surface area contributed by atoms with Crippen LogP contribution in [0.4, 0.5) is 0 Å². The predicted octanol–water partition coefficient (Wildman–Crippen LogP) is 12.5. The third-order valence-corrected chi connectivity index (χ3v) is 12.0. The lowest BCUT2D eigenvalue weighted by Crippen LogP contribution is -2.20. The first kappa shape index (κ1) is 52.3. The number of hydrogen-bond acceptors (Lipinski definition) is 12. The van der Waals surface area contributed by atoms with Gasteiger partial charge in [0.25, 0.3) is 0 Å². The van der Waals surface area contributed by atoms with Crippen molar-refractivity contribution in [2.75, 3.05) is 0 Å². The van der Waals surface area contributed by atoms with Gasteiger partial charge in [-0.1, -0.05) is 98.3 Å². The Kier molecular flexibility index (Phi) is 20.6. The van der Waals surface area contributed by atoms with E-state index in [0.717, 1.165) is 38.5 Å². The summed E-state index contributed by atoms with van der Waals surface area (Å²) in [5, 5.41) is 36.0. The first-order valence-corrected chi connectivity index (χ1v) is 23.6. The zero-order valence-corrected chi connectivity index (χ0v) is 39.8. The van der Waals surface area contributed by atoms with Crippen LogP contribution in [0.2, 0.25) is 0 Å². The van der Waals surface area contributed by atoms with Crippen molar-refractivity contribution in [1.82, 2.24) is 15.0 Å². The van der Waals surface area contributed by atoms with Gasteiger partial charge in [-0.05, 0) is 94.2 Å². The Morgan fingerprint density at radius 2 is 0.742 bits per heavy atom. The Labute approximate surface area is 390 Å². The van der Waals surface area contributed by atoms with Gasteiger partial charge >= 0.3 is 17.9 Å². The van der Waals surface area contributed by atoms with E-state index in [9.17, 15) is 29.7 Å². The van der Waals surface area contributed by atoms with E-state index in [1.165, 1.54) is 18.2 Å². The molecule has 1 heterocycles. The van der Waals surface area contributed by atoms with Crippen molar-refractivity contribution in [1.29, 1.82) is 0 Å². The first-order valence-electron chi connectivity index (χ1n) is 23.6. The van der Waals surface area contributed by atoms with E-state index in [1.54, 1.807) is 36.4 Å². The van der Waals surface area contributed by atoms with Gasteiger partial charge in [0.05, 0.1) is 34.4 Å². The van der Waals surface area contributed by atoms with E-state index >= 15 is 0 Å². The lowest BCUT2D eigenvalue weighted by molar-refractivity contribution is -0.140. The summed E-state index contributed by atoms with van der Waals surface area (Å²) in [6.45, 7) is 23.6. The molecular formula is C54H69N3O9. The number of benzene rings is 3. The highest BCUT2D eigenvalue weighted by molar-refractivity contribution is 5.81. The highest BCUT2D eigenvalue weighted by Gasteiger charge is 2.28. The quantitative estimate of drug-likeness (QED) is 0.0293. The maximum atomic E-state index is 13.4. The van der Waals surface area contributed by atoms with Crippen LogP contribution in [0.1, 0.15) is 135 Å². The molecule has 0 saturated carbocycles. The summed E-state index contributed by atoms with van der Waals surface area (Å²) in [7, 11) is 0. The van der Waals surface area contributed by atoms with Crippen molar-refractivity contribution in [3.8, 4) is 68.7 Å². The number of esters is 3. The molecule has 3 N–H and O–H groups in total. The molecule has 0 aliphatic rings. The maximum Gasteiger partial charge on any atom is 0.314 e. The monoisotopic (exact) mass is 904 g/mol. The Balaban J connectivity index is 1.98. The minimum Gasteiger partial charge on any atom is -0.507 e. The van der Waals surface area contributed by atoms with Gasteiger partial charge in [0, 0.05) is 16.7 Å². The second-order valence-corrected chi connectivity index (χ2v) is 16.6. The van der Waals surface area contributed by atoms with Gasteiger partial charge < -0.3 is 29.5 Å². The highest BCUT2D eigenvalue weighted by atomic mass is 16.5. The second kappa shape index (κ2) is 26.0. The molecule has 3 aromatic carbocycles. The molecule has 354 valence electrons. The summed E-state index contributed by atoms with van der Waals surface area (Å²) in [6, 6.07) is 9.30. The molecule has 12 heteroatoms. The molecule has 0 saturated heterocycles. The molecule has 0 spiro atoms. The number of phenols is 3. The van der Waals surface area contributed by atoms with Crippen LogP contribution in [0.25, 0.3) is 34.2 Å². The molecule has 3 atom stereocenters. The largest absolute Gasteiger partial charge is 0.507 e. The van der Waals surface area contributed by atoms with E-state index < -0.39 is 17.9 Å². The van der Waals surface area contributed by atoms with Crippen molar-refractivity contribution in [2.24, 2.45) is 17.8 Å². The lowest BCUT2D eigenvalue weighted by Gasteiger charge is -2.19. The Hall–Kier alpha value is -6.30. The smallest absolute Gasteiger partial charge is 0.314 e. The van der Waals surface area contributed by atoms with Gasteiger partial charge in [-0.25, -0.2) is 15.0 Å². The SMILES string of the molecule is C=CCc1c(OC(=O)C(CC)CCCC)ccc(-c2nc(-c3ccc(OC(=O)C(CC)CCCC)c(CC=C)c3O)nc(-c3ccc(OC(=O)C(CC)CCCC)c(CC=C)c3O)n2)c1O. The van der Waals surface area contributed by atoms with Crippen molar-refractivity contribution in [2.45, 2.75) is 138 Å². The van der Waals surface area contributed by atoms with Crippen LogP contribution in [-0.4, -0.2) is 48.2 Å². The second-order valence-electron chi connectivity index (χ2n) is 16.6. The number of carbonyl (C=O) groups excluding carboxylic acids is 3. The van der Waals surface area contributed by atoms with Gasteiger partial charge in [-0.3, -0.25) is 14.4 Å². The number of aromatic hydroxyl groups is 3. The Bertz CT molecular complexity index is 2070. The zero-order valence-electron chi connectivity index (χ0n) is 39.8. The summed E-state index contributed by atoms with van der Waals surface area (Å²) in [4.78, 5) is 54.4. The standard InChI is InChI=1S/C54H69N3O9/c1-10-19-25-34(16-7)52(61)64-43-31-28-40(46(58)37(43)22-13-4)49-55-50(41-29-32-44(38(23-14-5)47(41)59)65-53(62)35(17-8)26-20-11-2)57-51(56-49)42-30-33-45(39(24-15-6)48(42)60)66-54(63)36(18-9)27-21-12-3/h13-15,28-36,58-60H,4-6,10-12,16-27H2,1-3,7-9H3. The summed E-state index contributed by atoms with van der Waals surface area (Å²) < 4.78 is 17.7. The number of nitrogens with zero attached hydrogens (tertiary/aromatic N) is 3. The summed E-state index contributed by atoms with van der Waals surface area (Å²) >= 11 is 0. The van der Waals surface area contributed by atoms with Gasteiger partial charge in [0.15, 0.2) is 17.5 Å². The molecule has 0 amide bonds. The maximum absolute atomic E-state index is 13.4. The van der Waals surface area contributed by atoms with E-state index in [2.05, 4.69) is 40.5 Å². The van der Waals surface area contributed by atoms with Crippen LogP contribution in [-0.2, 0) is 33.6 Å². The number of rotatable bonds is 27. The summed E-state index contributed by atoms with van der Waals surface area (Å²) in [6.07, 6.45) is 14.4. The van der Waals surface area contributed by atoms with Crippen LogP contribution in [0.5, 0.6) is 34.5 Å². The summed E-state index contributed by atoms with van der Waals surface area (Å²) in [5.41, 5.74) is 1.25. The number of aromatic nitrogens is 3. The number of phenolic OH excluding ortho intramolecular Hbond substituents is 3. The zero-order chi connectivity index (χ0) is 48.3. The van der Waals surface area contributed by atoms with Crippen LogP contribution in [0, 0.1) is 17.8 Å². The van der Waals surface area contributed by atoms with Crippen LogP contribution in [0.3, 0.4) is 0 Å². The molecule has 0 fully saturated rings. The average molecular weight is 904 g/mol. The minimum atomic E-state index is -0.398. The molecule has 0 aliphatic carbocycles. The van der Waals surface area contributed by atoms with Gasteiger partial charge in [-0.15, -0.1) is 19.7 Å². The van der Waals surface area contributed by atoms with Gasteiger partial charge in [-0.2, -0.15) is 0 Å². The average Bonchev–Trinajstić information content (AvgIpc) is 3.30. The fourth-order valence-corrected chi connectivity index (χ4v) is 7.84. The van der Waals surface area contributed by atoms with E-state index in [4.69, 9.17) is 29.2 Å². The fourth-order valence-electron chi connectivity index (χ4n) is 7.84. The molecule has 0 bridgehead atoms. The minimum absolute atomic E-state index is 0.0474. The molecule has 66 heavy (non-hydrogen) atoms. The van der Waals surface area contributed by atoms with Crippen molar-refractivity contribution in [3.63, 3.8) is 0 Å². The van der Waals surface area contributed by atoms with Crippen molar-refractivity contribution in [3.05, 3.63) is 91.1 Å². The normalized spacial score (nSPS) is 12.5. The van der Waals surface area contributed by atoms with E-state index in [0.29, 0.717) is 38.5 Å². The number of unbranched alkanes of at least 4 members (excludes halogenated alkanes) is 3. The van der Waals surface area contributed by atoms with Crippen LogP contribution < -0.4 is 14.2 Å². The van der Waals surface area contributed by atoms with E-state index in [-0.39, 0.29) is 122 Å². The molecule has 0 radical (unpaired) electrons. The Morgan fingerprint density at radius 3 is 0.955 bits per heavy atom. The summed E-state index contributed by atoms with van der Waals surface area (Å²) in [5.74, 6) is -2.61. The predicted molar refractivity (Wildman–Crippen MR) is 260 cm³/mol. The van der Waals surface area contributed by atoms with Crippen molar-refractivity contribution < 1.29 is 43.9 Å². The molecular weight excluding hydrogens is 835 g/mol. The molecule has 1 aromatic heterocycles. The third-order valence-electron chi connectivity index (χ3n) is 12.0. The van der Waals surface area contributed by atoms with Crippen LogP contribution >= 0.6 is 0 Å².